The summed E-state index contributed by atoms with van der Waals surface area (Å²) >= 11 is 0. The SMILES string of the molecule is COc1ccc(N)cc1-c1cnn(C(C)C)c1. The lowest BCUT2D eigenvalue weighted by Crippen LogP contribution is -1.99. The van der Waals surface area contributed by atoms with Crippen LogP contribution in [0.3, 0.4) is 0 Å². The summed E-state index contributed by atoms with van der Waals surface area (Å²) < 4.78 is 7.25. The average molecular weight is 231 g/mol. The lowest BCUT2D eigenvalue weighted by molar-refractivity contribution is 0.416. The Morgan fingerprint density at radius 1 is 1.35 bits per heavy atom. The van der Waals surface area contributed by atoms with Gasteiger partial charge in [0.25, 0.3) is 0 Å². The molecule has 0 amide bonds. The third kappa shape index (κ3) is 2.25. The molecule has 0 aliphatic carbocycles. The topological polar surface area (TPSA) is 53.1 Å². The van der Waals surface area contributed by atoms with Crippen LogP contribution in [-0.4, -0.2) is 16.9 Å². The van der Waals surface area contributed by atoms with Gasteiger partial charge in [0.1, 0.15) is 5.75 Å². The van der Waals surface area contributed by atoms with Crippen LogP contribution >= 0.6 is 0 Å². The van der Waals surface area contributed by atoms with E-state index in [9.17, 15) is 0 Å². The first-order chi connectivity index (χ1) is 8.11. The molecule has 1 aromatic carbocycles. The van der Waals surface area contributed by atoms with Crippen molar-refractivity contribution in [3.05, 3.63) is 30.6 Å². The largest absolute Gasteiger partial charge is 0.496 e. The van der Waals surface area contributed by atoms with Crippen LogP contribution in [-0.2, 0) is 0 Å². The lowest BCUT2D eigenvalue weighted by atomic mass is 10.1. The third-order valence-electron chi connectivity index (χ3n) is 2.67. The maximum absolute atomic E-state index is 5.80. The lowest BCUT2D eigenvalue weighted by Gasteiger charge is -2.07. The van der Waals surface area contributed by atoms with E-state index in [0.717, 1.165) is 22.6 Å². The van der Waals surface area contributed by atoms with Gasteiger partial charge in [-0.3, -0.25) is 4.68 Å². The molecule has 90 valence electrons. The Bertz CT molecular complexity index is 517. The molecular weight excluding hydrogens is 214 g/mol. The molecule has 1 aromatic heterocycles. The maximum Gasteiger partial charge on any atom is 0.126 e. The molecule has 0 aliphatic heterocycles. The second-order valence-corrected chi connectivity index (χ2v) is 4.26. The van der Waals surface area contributed by atoms with Crippen molar-refractivity contribution in [1.82, 2.24) is 9.78 Å². The molecule has 0 saturated heterocycles. The summed E-state index contributed by atoms with van der Waals surface area (Å²) in [7, 11) is 1.65. The van der Waals surface area contributed by atoms with Crippen LogP contribution in [0, 0.1) is 0 Å². The fourth-order valence-electron chi connectivity index (χ4n) is 1.71. The highest BCUT2D eigenvalue weighted by Gasteiger charge is 2.09. The van der Waals surface area contributed by atoms with E-state index in [1.807, 2.05) is 35.3 Å². The maximum atomic E-state index is 5.80. The van der Waals surface area contributed by atoms with Crippen LogP contribution in [0.4, 0.5) is 5.69 Å². The first-order valence-corrected chi connectivity index (χ1v) is 5.60. The van der Waals surface area contributed by atoms with Gasteiger partial charge in [0.05, 0.1) is 13.3 Å². The Morgan fingerprint density at radius 3 is 2.71 bits per heavy atom. The number of rotatable bonds is 3. The van der Waals surface area contributed by atoms with Crippen molar-refractivity contribution < 1.29 is 4.74 Å². The van der Waals surface area contributed by atoms with Crippen LogP contribution in [0.1, 0.15) is 19.9 Å². The van der Waals surface area contributed by atoms with Gasteiger partial charge in [-0.2, -0.15) is 5.10 Å². The molecule has 0 atom stereocenters. The zero-order valence-electron chi connectivity index (χ0n) is 10.3. The molecule has 0 fully saturated rings. The quantitative estimate of drug-likeness (QED) is 0.826. The van der Waals surface area contributed by atoms with Gasteiger partial charge in [0.2, 0.25) is 0 Å². The second-order valence-electron chi connectivity index (χ2n) is 4.26. The molecule has 0 bridgehead atoms. The summed E-state index contributed by atoms with van der Waals surface area (Å²) in [5.74, 6) is 0.808. The highest BCUT2D eigenvalue weighted by molar-refractivity contribution is 5.72. The van der Waals surface area contributed by atoms with Crippen LogP contribution in [0.15, 0.2) is 30.6 Å². The number of nitrogens with two attached hydrogens (primary N) is 1. The Morgan fingerprint density at radius 2 is 2.12 bits per heavy atom. The van der Waals surface area contributed by atoms with Crippen molar-refractivity contribution in [2.75, 3.05) is 12.8 Å². The van der Waals surface area contributed by atoms with Crippen LogP contribution in [0.2, 0.25) is 0 Å². The molecule has 0 radical (unpaired) electrons. The van der Waals surface area contributed by atoms with Crippen LogP contribution in [0.5, 0.6) is 5.75 Å². The smallest absolute Gasteiger partial charge is 0.126 e. The second kappa shape index (κ2) is 4.49. The zero-order valence-corrected chi connectivity index (χ0v) is 10.3. The number of aromatic nitrogens is 2. The van der Waals surface area contributed by atoms with Crippen LogP contribution in [0.25, 0.3) is 11.1 Å². The van der Waals surface area contributed by atoms with Crippen LogP contribution < -0.4 is 10.5 Å². The van der Waals surface area contributed by atoms with E-state index in [0.29, 0.717) is 6.04 Å². The van der Waals surface area contributed by atoms with Gasteiger partial charge in [-0.15, -0.1) is 0 Å². The van der Waals surface area contributed by atoms with Crippen molar-refractivity contribution in [2.45, 2.75) is 19.9 Å². The number of hydrogen-bond acceptors (Lipinski definition) is 3. The van der Waals surface area contributed by atoms with Crippen molar-refractivity contribution in [2.24, 2.45) is 0 Å². The molecular formula is C13H17N3O. The predicted molar refractivity (Wildman–Crippen MR) is 69.0 cm³/mol. The summed E-state index contributed by atoms with van der Waals surface area (Å²) in [4.78, 5) is 0. The monoisotopic (exact) mass is 231 g/mol. The van der Waals surface area contributed by atoms with Crippen molar-refractivity contribution in [1.29, 1.82) is 0 Å². The van der Waals surface area contributed by atoms with E-state index < -0.39 is 0 Å². The van der Waals surface area contributed by atoms with E-state index in [4.69, 9.17) is 10.5 Å². The van der Waals surface area contributed by atoms with E-state index in [1.54, 1.807) is 7.11 Å². The molecule has 2 aromatic rings. The number of nitrogens with zero attached hydrogens (tertiary/aromatic N) is 2. The van der Waals surface area contributed by atoms with Gasteiger partial charge < -0.3 is 10.5 Å². The normalized spacial score (nSPS) is 10.8. The standard InChI is InChI=1S/C13H17N3O/c1-9(2)16-8-10(7-15-16)12-6-11(14)4-5-13(12)17-3/h4-9H,14H2,1-3H3. The number of anilines is 1. The molecule has 17 heavy (non-hydrogen) atoms. The summed E-state index contributed by atoms with van der Waals surface area (Å²) in [5.41, 5.74) is 8.51. The molecule has 0 aliphatic rings. The molecule has 0 saturated carbocycles. The third-order valence-corrected chi connectivity index (χ3v) is 2.67. The molecule has 2 N–H and O–H groups in total. The van der Waals surface area contributed by atoms with E-state index in [2.05, 4.69) is 18.9 Å². The number of nitrogen functional groups attached to an aromatic ring is 1. The minimum Gasteiger partial charge on any atom is -0.496 e. The number of hydrogen-bond donors (Lipinski definition) is 1. The average Bonchev–Trinajstić information content (AvgIpc) is 2.78. The Balaban J connectivity index is 2.47. The van der Waals surface area contributed by atoms with Gasteiger partial charge in [0.15, 0.2) is 0 Å². The fraction of sp³-hybridized carbons (Fsp3) is 0.308. The highest BCUT2D eigenvalue weighted by Crippen LogP contribution is 2.31. The molecule has 1 heterocycles. The number of ether oxygens (including phenoxy) is 1. The predicted octanol–water partition coefficient (Wildman–Crippen LogP) is 2.72. The fourth-order valence-corrected chi connectivity index (χ4v) is 1.71. The first-order valence-electron chi connectivity index (χ1n) is 5.60. The summed E-state index contributed by atoms with van der Waals surface area (Å²) in [6, 6.07) is 5.95. The van der Waals surface area contributed by atoms with E-state index in [1.165, 1.54) is 0 Å². The number of benzene rings is 1. The Hall–Kier alpha value is -1.97. The van der Waals surface area contributed by atoms with Gasteiger partial charge in [0, 0.05) is 29.1 Å². The molecule has 0 spiro atoms. The minimum absolute atomic E-state index is 0.343. The molecule has 4 nitrogen and oxygen atoms in total. The van der Waals surface area contributed by atoms with E-state index in [-0.39, 0.29) is 0 Å². The minimum atomic E-state index is 0.343. The molecule has 0 unspecified atom stereocenters. The van der Waals surface area contributed by atoms with Crippen molar-refractivity contribution in [3.63, 3.8) is 0 Å². The van der Waals surface area contributed by atoms with Gasteiger partial charge in [-0.05, 0) is 32.0 Å². The van der Waals surface area contributed by atoms with Gasteiger partial charge >= 0.3 is 0 Å². The van der Waals surface area contributed by atoms with Crippen molar-refractivity contribution >= 4 is 5.69 Å². The van der Waals surface area contributed by atoms with Crippen molar-refractivity contribution in [3.8, 4) is 16.9 Å². The summed E-state index contributed by atoms with van der Waals surface area (Å²) in [5, 5.41) is 4.32. The number of methoxy groups -OCH3 is 1. The highest BCUT2D eigenvalue weighted by atomic mass is 16.5. The zero-order chi connectivity index (χ0) is 12.4. The molecule has 2 rings (SSSR count). The summed E-state index contributed by atoms with van der Waals surface area (Å²) in [6.07, 6.45) is 3.83. The van der Waals surface area contributed by atoms with Gasteiger partial charge in [-0.1, -0.05) is 0 Å². The van der Waals surface area contributed by atoms with E-state index >= 15 is 0 Å². The Kier molecular flexibility index (Phi) is 3.04. The van der Waals surface area contributed by atoms with Gasteiger partial charge in [-0.25, -0.2) is 0 Å². The first kappa shape index (κ1) is 11.5. The summed E-state index contributed by atoms with van der Waals surface area (Å²) in [6.45, 7) is 4.18. The molecule has 4 heteroatoms. The Labute approximate surface area is 101 Å².